The van der Waals surface area contributed by atoms with Crippen molar-refractivity contribution in [1.29, 1.82) is 0 Å². The van der Waals surface area contributed by atoms with Gasteiger partial charge in [0.2, 0.25) is 5.91 Å². The van der Waals surface area contributed by atoms with Crippen molar-refractivity contribution in [2.24, 2.45) is 16.8 Å². The summed E-state index contributed by atoms with van der Waals surface area (Å²) in [6.45, 7) is 8.33. The van der Waals surface area contributed by atoms with Gasteiger partial charge in [-0.1, -0.05) is 26.0 Å². The zero-order chi connectivity index (χ0) is 16.7. The Morgan fingerprint density at radius 2 is 1.91 bits per heavy atom. The molecule has 5 heteroatoms. The van der Waals surface area contributed by atoms with Crippen molar-refractivity contribution >= 4 is 17.6 Å². The van der Waals surface area contributed by atoms with Crippen molar-refractivity contribution in [2.45, 2.75) is 40.2 Å². The van der Waals surface area contributed by atoms with Crippen LogP contribution in [0.25, 0.3) is 0 Å². The Labute approximate surface area is 139 Å². The van der Waals surface area contributed by atoms with Gasteiger partial charge in [0, 0.05) is 24.7 Å². The lowest BCUT2D eigenvalue weighted by Crippen LogP contribution is -2.38. The zero-order valence-corrected chi connectivity index (χ0v) is 14.4. The number of benzene rings is 1. The molecule has 0 aromatic heterocycles. The fraction of sp³-hybridized carbons (Fsp3) is 0.556. The highest BCUT2D eigenvalue weighted by molar-refractivity contribution is 5.92. The number of carbonyl (C=O) groups excluding carboxylic acids is 1. The van der Waals surface area contributed by atoms with Gasteiger partial charge < -0.3 is 16.0 Å². The van der Waals surface area contributed by atoms with Crippen LogP contribution in [-0.2, 0) is 11.3 Å². The van der Waals surface area contributed by atoms with E-state index in [4.69, 9.17) is 0 Å². The molecule has 0 aliphatic heterocycles. The molecule has 5 nitrogen and oxygen atoms in total. The van der Waals surface area contributed by atoms with E-state index in [1.165, 1.54) is 12.8 Å². The number of hydrogen-bond acceptors (Lipinski definition) is 2. The number of nitrogens with zero attached hydrogens (tertiary/aromatic N) is 1. The Morgan fingerprint density at radius 1 is 1.22 bits per heavy atom. The molecule has 1 aromatic carbocycles. The van der Waals surface area contributed by atoms with E-state index in [2.05, 4.69) is 27.9 Å². The van der Waals surface area contributed by atoms with Gasteiger partial charge in [-0.05, 0) is 43.4 Å². The van der Waals surface area contributed by atoms with Gasteiger partial charge in [0.15, 0.2) is 5.96 Å². The summed E-state index contributed by atoms with van der Waals surface area (Å²) >= 11 is 0. The van der Waals surface area contributed by atoms with Gasteiger partial charge in [-0.3, -0.25) is 4.79 Å². The average molecular weight is 316 g/mol. The first-order valence-electron chi connectivity index (χ1n) is 8.50. The summed E-state index contributed by atoms with van der Waals surface area (Å²) in [5.41, 5.74) is 1.95. The number of amides is 1. The lowest BCUT2D eigenvalue weighted by molar-refractivity contribution is -0.118. The normalized spacial score (nSPS) is 14.7. The van der Waals surface area contributed by atoms with Crippen molar-refractivity contribution in [2.75, 3.05) is 18.4 Å². The standard InChI is InChI=1S/C18H28N4O/c1-4-19-18(20-11-14-5-6-14)21-12-15-7-9-16(10-8-15)22-17(23)13(2)3/h7-10,13-14H,4-6,11-12H2,1-3H3,(H,22,23)(H2,19,20,21). The number of nitrogens with one attached hydrogen (secondary N) is 3. The van der Waals surface area contributed by atoms with Gasteiger partial charge in [0.05, 0.1) is 6.54 Å². The van der Waals surface area contributed by atoms with E-state index in [0.717, 1.165) is 36.2 Å². The molecule has 0 spiro atoms. The van der Waals surface area contributed by atoms with Crippen LogP contribution >= 0.6 is 0 Å². The zero-order valence-electron chi connectivity index (χ0n) is 14.4. The molecular weight excluding hydrogens is 288 g/mol. The monoisotopic (exact) mass is 316 g/mol. The SMILES string of the molecule is CCNC(=NCc1ccc(NC(=O)C(C)C)cc1)NCC1CC1. The van der Waals surface area contributed by atoms with Crippen molar-refractivity contribution in [3.63, 3.8) is 0 Å². The van der Waals surface area contributed by atoms with E-state index < -0.39 is 0 Å². The molecule has 1 aromatic rings. The van der Waals surface area contributed by atoms with Gasteiger partial charge in [0.1, 0.15) is 0 Å². The van der Waals surface area contributed by atoms with Gasteiger partial charge in [-0.2, -0.15) is 0 Å². The quantitative estimate of drug-likeness (QED) is 0.535. The number of anilines is 1. The minimum absolute atomic E-state index is 0.0144. The molecule has 1 amide bonds. The maximum Gasteiger partial charge on any atom is 0.226 e. The molecule has 0 bridgehead atoms. The van der Waals surface area contributed by atoms with Crippen LogP contribution in [0.1, 0.15) is 39.2 Å². The van der Waals surface area contributed by atoms with E-state index in [1.54, 1.807) is 0 Å². The predicted octanol–water partition coefficient (Wildman–Crippen LogP) is 2.75. The van der Waals surface area contributed by atoms with Crippen LogP contribution in [-0.4, -0.2) is 25.0 Å². The third-order valence-electron chi connectivity index (χ3n) is 3.76. The molecule has 126 valence electrons. The van der Waals surface area contributed by atoms with Crippen LogP contribution in [0.15, 0.2) is 29.3 Å². The number of aliphatic imine (C=N–C) groups is 1. The number of guanidine groups is 1. The maximum absolute atomic E-state index is 11.7. The summed E-state index contributed by atoms with van der Waals surface area (Å²) < 4.78 is 0. The number of carbonyl (C=O) groups is 1. The third kappa shape index (κ3) is 6.30. The highest BCUT2D eigenvalue weighted by Gasteiger charge is 2.20. The Hall–Kier alpha value is -2.04. The first-order valence-corrected chi connectivity index (χ1v) is 8.50. The van der Waals surface area contributed by atoms with Crippen LogP contribution in [0.2, 0.25) is 0 Å². The molecule has 3 N–H and O–H groups in total. The average Bonchev–Trinajstić information content (AvgIpc) is 3.35. The summed E-state index contributed by atoms with van der Waals surface area (Å²) in [4.78, 5) is 16.3. The van der Waals surface area contributed by atoms with E-state index in [-0.39, 0.29) is 11.8 Å². The molecule has 0 heterocycles. The Balaban J connectivity index is 1.87. The molecule has 23 heavy (non-hydrogen) atoms. The summed E-state index contributed by atoms with van der Waals surface area (Å²) in [5.74, 6) is 1.72. The Kier molecular flexibility index (Phi) is 6.44. The van der Waals surface area contributed by atoms with Crippen molar-refractivity contribution in [1.82, 2.24) is 10.6 Å². The van der Waals surface area contributed by atoms with Crippen LogP contribution in [0.4, 0.5) is 5.69 Å². The van der Waals surface area contributed by atoms with Crippen LogP contribution in [0.5, 0.6) is 0 Å². The maximum atomic E-state index is 11.7. The molecule has 1 saturated carbocycles. The lowest BCUT2D eigenvalue weighted by Gasteiger charge is -2.11. The van der Waals surface area contributed by atoms with Gasteiger partial charge in [-0.25, -0.2) is 4.99 Å². The second-order valence-corrected chi connectivity index (χ2v) is 6.36. The van der Waals surface area contributed by atoms with E-state index >= 15 is 0 Å². The van der Waals surface area contributed by atoms with Crippen molar-refractivity contribution in [3.8, 4) is 0 Å². The van der Waals surface area contributed by atoms with E-state index in [1.807, 2.05) is 38.1 Å². The second kappa shape index (κ2) is 8.56. The molecular formula is C18H28N4O. The van der Waals surface area contributed by atoms with Crippen LogP contribution < -0.4 is 16.0 Å². The smallest absolute Gasteiger partial charge is 0.226 e. The molecule has 0 saturated heterocycles. The number of hydrogen-bond donors (Lipinski definition) is 3. The Morgan fingerprint density at radius 3 is 2.48 bits per heavy atom. The molecule has 2 rings (SSSR count). The lowest BCUT2D eigenvalue weighted by atomic mass is 10.2. The first kappa shape index (κ1) is 17.3. The highest BCUT2D eigenvalue weighted by Crippen LogP contribution is 2.27. The van der Waals surface area contributed by atoms with E-state index in [9.17, 15) is 4.79 Å². The summed E-state index contributed by atoms with van der Waals surface area (Å²) in [6, 6.07) is 7.86. The molecule has 1 fully saturated rings. The summed E-state index contributed by atoms with van der Waals surface area (Å²) in [6.07, 6.45) is 2.66. The highest BCUT2D eigenvalue weighted by atomic mass is 16.1. The minimum Gasteiger partial charge on any atom is -0.357 e. The third-order valence-corrected chi connectivity index (χ3v) is 3.76. The fourth-order valence-corrected chi connectivity index (χ4v) is 2.06. The summed E-state index contributed by atoms with van der Waals surface area (Å²) in [7, 11) is 0. The van der Waals surface area contributed by atoms with Gasteiger partial charge >= 0.3 is 0 Å². The van der Waals surface area contributed by atoms with Crippen molar-refractivity contribution < 1.29 is 4.79 Å². The summed E-state index contributed by atoms with van der Waals surface area (Å²) in [5, 5.41) is 9.55. The van der Waals surface area contributed by atoms with Crippen LogP contribution in [0, 0.1) is 11.8 Å². The molecule has 1 aliphatic carbocycles. The van der Waals surface area contributed by atoms with Crippen molar-refractivity contribution in [3.05, 3.63) is 29.8 Å². The fourth-order valence-electron chi connectivity index (χ4n) is 2.06. The topological polar surface area (TPSA) is 65.5 Å². The largest absolute Gasteiger partial charge is 0.357 e. The predicted molar refractivity (Wildman–Crippen MR) is 95.5 cm³/mol. The molecule has 0 unspecified atom stereocenters. The second-order valence-electron chi connectivity index (χ2n) is 6.36. The van der Waals surface area contributed by atoms with Crippen LogP contribution in [0.3, 0.4) is 0 Å². The first-order chi connectivity index (χ1) is 11.1. The van der Waals surface area contributed by atoms with Gasteiger partial charge in [0.25, 0.3) is 0 Å². The number of rotatable bonds is 7. The molecule has 1 aliphatic rings. The van der Waals surface area contributed by atoms with Gasteiger partial charge in [-0.15, -0.1) is 0 Å². The minimum atomic E-state index is -0.0144. The van der Waals surface area contributed by atoms with E-state index in [0.29, 0.717) is 6.54 Å². The molecule has 0 atom stereocenters. The molecule has 0 radical (unpaired) electrons. The Bertz CT molecular complexity index is 532.